The highest BCUT2D eigenvalue weighted by molar-refractivity contribution is 6.30. The Morgan fingerprint density at radius 2 is 1.54 bits per heavy atom. The molecule has 41 heavy (non-hydrogen) atoms. The molecule has 0 aromatic heterocycles. The molecule has 0 saturated heterocycles. The maximum absolute atomic E-state index is 13.7. The summed E-state index contributed by atoms with van der Waals surface area (Å²) in [4.78, 5) is 23.3. The molecule has 216 valence electrons. The third-order valence-corrected chi connectivity index (χ3v) is 9.40. The number of rotatable bonds is 9. The summed E-state index contributed by atoms with van der Waals surface area (Å²) < 4.78 is 5.49. The van der Waals surface area contributed by atoms with E-state index < -0.39 is 5.54 Å². The van der Waals surface area contributed by atoms with E-state index in [1.165, 1.54) is 18.2 Å². The van der Waals surface area contributed by atoms with Crippen molar-refractivity contribution >= 4 is 35.5 Å². The van der Waals surface area contributed by atoms with Gasteiger partial charge in [-0.1, -0.05) is 77.8 Å². The van der Waals surface area contributed by atoms with E-state index in [2.05, 4.69) is 60.3 Å². The minimum absolute atomic E-state index is 0.111. The number of methoxy groups -OCH3 is 1. The van der Waals surface area contributed by atoms with Gasteiger partial charge in [0, 0.05) is 29.1 Å². The van der Waals surface area contributed by atoms with Crippen LogP contribution in [0.3, 0.4) is 0 Å². The standard InChI is InChI=1S/C34H39Cl2N3O2/c1-38(2)31(27-15-19-30(36)20-16-27)26-11-13-28(14-12-26)32-34(33(40)41-3,21-24-9-17-29(35)18-10-24)37-23-39(32)22-25-7-5-4-6-8-25/h4-10,15-20,23,26,28,31-32H,11-14,21-22H2,1-3H3. The van der Waals surface area contributed by atoms with E-state index >= 15 is 0 Å². The average Bonchev–Trinajstić information content (AvgIpc) is 3.34. The van der Waals surface area contributed by atoms with Crippen LogP contribution in [0.15, 0.2) is 83.9 Å². The van der Waals surface area contributed by atoms with Crippen LogP contribution in [-0.4, -0.2) is 54.9 Å². The first-order chi connectivity index (χ1) is 19.8. The number of ether oxygens (including phenoxy) is 1. The molecule has 1 heterocycles. The number of aliphatic imine (C=N–C) groups is 1. The second kappa shape index (κ2) is 13.0. The fourth-order valence-electron chi connectivity index (χ4n) is 7.11. The lowest BCUT2D eigenvalue weighted by atomic mass is 9.68. The van der Waals surface area contributed by atoms with Crippen LogP contribution in [0.5, 0.6) is 0 Å². The van der Waals surface area contributed by atoms with Gasteiger partial charge in [-0.2, -0.15) is 0 Å². The molecule has 2 aliphatic rings. The highest BCUT2D eigenvalue weighted by Gasteiger charge is 2.55. The monoisotopic (exact) mass is 591 g/mol. The number of halogens is 2. The largest absolute Gasteiger partial charge is 0.467 e. The zero-order chi connectivity index (χ0) is 29.0. The molecular formula is C34H39Cl2N3O2. The number of nitrogens with zero attached hydrogens (tertiary/aromatic N) is 3. The molecule has 1 saturated carbocycles. The molecule has 3 unspecified atom stereocenters. The van der Waals surface area contributed by atoms with Crippen LogP contribution in [0.1, 0.15) is 48.4 Å². The Morgan fingerprint density at radius 3 is 2.12 bits per heavy atom. The molecule has 0 amide bonds. The van der Waals surface area contributed by atoms with Crippen LogP contribution in [0.4, 0.5) is 0 Å². The Labute approximate surface area is 254 Å². The van der Waals surface area contributed by atoms with Gasteiger partial charge in [0.2, 0.25) is 0 Å². The summed E-state index contributed by atoms with van der Waals surface area (Å²) in [6, 6.07) is 26.6. The first kappa shape index (κ1) is 29.6. The summed E-state index contributed by atoms with van der Waals surface area (Å²) in [5.74, 6) is 0.520. The lowest BCUT2D eigenvalue weighted by Crippen LogP contribution is -2.57. The van der Waals surface area contributed by atoms with Gasteiger partial charge in [0.1, 0.15) is 0 Å². The first-order valence-electron chi connectivity index (χ1n) is 14.4. The van der Waals surface area contributed by atoms with E-state index in [1.807, 2.05) is 48.8 Å². The number of hydrogen-bond acceptors (Lipinski definition) is 5. The molecule has 0 bridgehead atoms. The average molecular weight is 593 g/mol. The van der Waals surface area contributed by atoms with Gasteiger partial charge in [0.05, 0.1) is 19.5 Å². The minimum Gasteiger partial charge on any atom is -0.467 e. The van der Waals surface area contributed by atoms with E-state index in [4.69, 9.17) is 32.9 Å². The van der Waals surface area contributed by atoms with E-state index in [0.717, 1.165) is 36.3 Å². The van der Waals surface area contributed by atoms with Crippen molar-refractivity contribution in [1.82, 2.24) is 9.80 Å². The van der Waals surface area contributed by atoms with Gasteiger partial charge in [-0.15, -0.1) is 0 Å². The minimum atomic E-state index is -1.02. The summed E-state index contributed by atoms with van der Waals surface area (Å²) in [6.07, 6.45) is 6.54. The highest BCUT2D eigenvalue weighted by atomic mass is 35.5. The van der Waals surface area contributed by atoms with Crippen LogP contribution < -0.4 is 0 Å². The Morgan fingerprint density at radius 1 is 0.927 bits per heavy atom. The molecule has 0 spiro atoms. The molecule has 3 aromatic rings. The van der Waals surface area contributed by atoms with Gasteiger partial charge < -0.3 is 14.5 Å². The SMILES string of the molecule is COC(=O)C1(Cc2ccc(Cl)cc2)N=CN(Cc2ccccc2)C1C1CCC(C(c2ccc(Cl)cc2)N(C)C)CC1. The molecule has 3 atom stereocenters. The van der Waals surface area contributed by atoms with Gasteiger partial charge in [-0.25, -0.2) is 4.79 Å². The van der Waals surface area contributed by atoms with Crippen LogP contribution >= 0.6 is 23.2 Å². The van der Waals surface area contributed by atoms with Crippen molar-refractivity contribution < 1.29 is 9.53 Å². The van der Waals surface area contributed by atoms with Gasteiger partial charge in [-0.05, 0) is 92.6 Å². The summed E-state index contributed by atoms with van der Waals surface area (Å²) in [5, 5.41) is 1.43. The van der Waals surface area contributed by atoms with Crippen LogP contribution in [0, 0.1) is 11.8 Å². The molecule has 1 aliphatic heterocycles. The molecule has 5 nitrogen and oxygen atoms in total. The van der Waals surface area contributed by atoms with E-state index in [1.54, 1.807) is 0 Å². The van der Waals surface area contributed by atoms with Crippen molar-refractivity contribution in [2.24, 2.45) is 16.8 Å². The van der Waals surface area contributed by atoms with Crippen LogP contribution in [0.2, 0.25) is 10.0 Å². The summed E-state index contributed by atoms with van der Waals surface area (Å²) in [6.45, 7) is 0.694. The first-order valence-corrected chi connectivity index (χ1v) is 15.2. The molecular weight excluding hydrogens is 553 g/mol. The van der Waals surface area contributed by atoms with Crippen molar-refractivity contribution in [3.63, 3.8) is 0 Å². The number of carbonyl (C=O) groups excluding carboxylic acids is 1. The quantitative estimate of drug-likeness (QED) is 0.242. The van der Waals surface area contributed by atoms with Gasteiger partial charge >= 0.3 is 5.97 Å². The van der Waals surface area contributed by atoms with Gasteiger partial charge in [0.25, 0.3) is 0 Å². The van der Waals surface area contributed by atoms with Crippen molar-refractivity contribution in [2.75, 3.05) is 21.2 Å². The lowest BCUT2D eigenvalue weighted by molar-refractivity contribution is -0.149. The number of hydrogen-bond donors (Lipinski definition) is 0. The Kier molecular flexibility index (Phi) is 9.38. The molecule has 7 heteroatoms. The third-order valence-electron chi connectivity index (χ3n) is 8.89. The van der Waals surface area contributed by atoms with Gasteiger partial charge in [-0.3, -0.25) is 4.99 Å². The molecule has 1 fully saturated rings. The molecule has 0 radical (unpaired) electrons. The summed E-state index contributed by atoms with van der Waals surface area (Å²) in [5.41, 5.74) is 2.49. The topological polar surface area (TPSA) is 45.1 Å². The van der Waals surface area contributed by atoms with Crippen molar-refractivity contribution in [3.8, 4) is 0 Å². The maximum Gasteiger partial charge on any atom is 0.336 e. The van der Waals surface area contributed by atoms with E-state index in [9.17, 15) is 4.79 Å². The zero-order valence-electron chi connectivity index (χ0n) is 24.0. The Hall–Kier alpha value is -2.86. The smallest absolute Gasteiger partial charge is 0.336 e. The third kappa shape index (κ3) is 6.48. The lowest BCUT2D eigenvalue weighted by Gasteiger charge is -2.44. The molecule has 5 rings (SSSR count). The number of benzene rings is 3. The summed E-state index contributed by atoms with van der Waals surface area (Å²) in [7, 11) is 5.79. The van der Waals surface area contributed by atoms with Gasteiger partial charge in [0.15, 0.2) is 5.54 Å². The molecule has 0 N–H and O–H groups in total. The maximum atomic E-state index is 13.7. The predicted octanol–water partition coefficient (Wildman–Crippen LogP) is 7.47. The van der Waals surface area contributed by atoms with E-state index in [-0.39, 0.29) is 17.9 Å². The van der Waals surface area contributed by atoms with Crippen LogP contribution in [-0.2, 0) is 22.5 Å². The Bertz CT molecular complexity index is 1320. The number of carbonyl (C=O) groups is 1. The highest BCUT2D eigenvalue weighted by Crippen LogP contribution is 2.46. The van der Waals surface area contributed by atoms with Crippen LogP contribution in [0.25, 0.3) is 0 Å². The van der Waals surface area contributed by atoms with E-state index in [0.29, 0.717) is 29.9 Å². The summed E-state index contributed by atoms with van der Waals surface area (Å²) >= 11 is 12.4. The van der Waals surface area contributed by atoms with Crippen molar-refractivity contribution in [3.05, 3.63) is 106 Å². The normalized spacial score (nSPS) is 24.9. The second-order valence-corrected chi connectivity index (χ2v) is 12.6. The van der Waals surface area contributed by atoms with Crippen molar-refractivity contribution in [1.29, 1.82) is 0 Å². The molecule has 3 aromatic carbocycles. The second-order valence-electron chi connectivity index (χ2n) is 11.7. The fraction of sp³-hybridized carbons (Fsp3) is 0.412. The molecule has 1 aliphatic carbocycles. The van der Waals surface area contributed by atoms with Crippen molar-refractivity contribution in [2.45, 2.75) is 56.3 Å². The zero-order valence-corrected chi connectivity index (χ0v) is 25.6. The number of esters is 1. The Balaban J connectivity index is 1.44. The predicted molar refractivity (Wildman–Crippen MR) is 167 cm³/mol. The fourth-order valence-corrected chi connectivity index (χ4v) is 7.36.